The minimum Gasteiger partial charge on any atom is -0.506 e. The van der Waals surface area contributed by atoms with Gasteiger partial charge in [-0.1, -0.05) is 0 Å². The second-order valence-electron chi connectivity index (χ2n) is 2.62. The summed E-state index contributed by atoms with van der Waals surface area (Å²) in [5, 5.41) is 18.1. The molecular weight excluding hydrogens is 238 g/mol. The molecule has 1 aromatic rings. The van der Waals surface area contributed by atoms with Crippen molar-refractivity contribution in [1.29, 1.82) is 0 Å². The van der Waals surface area contributed by atoms with Crippen molar-refractivity contribution in [1.82, 2.24) is 0 Å². The first kappa shape index (κ1) is 9.85. The normalized spacial score (nSPS) is 10.0. The van der Waals surface area contributed by atoms with Gasteiger partial charge in [-0.05, 0) is 34.5 Å². The number of benzene rings is 1. The van der Waals surface area contributed by atoms with Gasteiger partial charge in [0.25, 0.3) is 0 Å². The lowest BCUT2D eigenvalue weighted by Crippen LogP contribution is -2.03. The molecule has 5 heteroatoms. The van der Waals surface area contributed by atoms with Crippen LogP contribution in [-0.4, -0.2) is 16.2 Å². The Morgan fingerprint density at radius 1 is 1.62 bits per heavy atom. The molecule has 0 radical (unpaired) electrons. The summed E-state index contributed by atoms with van der Waals surface area (Å²) < 4.78 is 0.227. The molecule has 0 aromatic heterocycles. The Morgan fingerprint density at radius 2 is 2.15 bits per heavy atom. The fraction of sp³-hybridized carbons (Fsp3) is 0.125. The predicted octanol–water partition coefficient (Wildman–Crippen LogP) is 1.74. The van der Waals surface area contributed by atoms with Gasteiger partial charge < -0.3 is 15.9 Å². The summed E-state index contributed by atoms with van der Waals surface area (Å²) in [6.07, 6.45) is 0. The monoisotopic (exact) mass is 245 g/mol. The molecule has 13 heavy (non-hydrogen) atoms. The van der Waals surface area contributed by atoms with Crippen LogP contribution in [0.4, 0.5) is 5.69 Å². The number of carboxylic acids is 1. The van der Waals surface area contributed by atoms with E-state index in [1.54, 1.807) is 6.92 Å². The standard InChI is InChI=1S/C8H8BrNO3/c1-3-2-4(8(12)13)6(10)5(9)7(3)11/h2,11H,10H2,1H3,(H,12,13). The van der Waals surface area contributed by atoms with E-state index in [9.17, 15) is 9.90 Å². The zero-order valence-electron chi connectivity index (χ0n) is 6.84. The van der Waals surface area contributed by atoms with Crippen molar-refractivity contribution < 1.29 is 15.0 Å². The third-order valence-corrected chi connectivity index (χ3v) is 2.50. The summed E-state index contributed by atoms with van der Waals surface area (Å²) in [5.41, 5.74) is 5.96. The molecule has 0 aliphatic carbocycles. The van der Waals surface area contributed by atoms with Crippen molar-refractivity contribution in [3.05, 3.63) is 21.7 Å². The molecule has 0 heterocycles. The summed E-state index contributed by atoms with van der Waals surface area (Å²) in [6, 6.07) is 1.33. The quantitative estimate of drug-likeness (QED) is 0.659. The molecular formula is C8H8BrNO3. The number of phenolic OH excluding ortho intramolecular Hbond substituents is 1. The summed E-state index contributed by atoms with van der Waals surface area (Å²) in [7, 11) is 0. The molecule has 0 spiro atoms. The lowest BCUT2D eigenvalue weighted by Gasteiger charge is -2.07. The first-order valence-corrected chi connectivity index (χ1v) is 4.25. The molecule has 0 amide bonds. The number of carboxylic acid groups (broad SMARTS) is 1. The minimum atomic E-state index is -1.11. The highest BCUT2D eigenvalue weighted by Crippen LogP contribution is 2.35. The largest absolute Gasteiger partial charge is 0.506 e. The van der Waals surface area contributed by atoms with Gasteiger partial charge >= 0.3 is 5.97 Å². The second kappa shape index (κ2) is 3.26. The number of halogens is 1. The molecule has 0 atom stereocenters. The maximum absolute atomic E-state index is 10.7. The Bertz CT molecular complexity index is 376. The van der Waals surface area contributed by atoms with Crippen LogP contribution in [0.25, 0.3) is 0 Å². The first-order valence-electron chi connectivity index (χ1n) is 3.46. The summed E-state index contributed by atoms with van der Waals surface area (Å²) in [6.45, 7) is 1.60. The van der Waals surface area contributed by atoms with Crippen LogP contribution in [0.15, 0.2) is 10.5 Å². The maximum Gasteiger partial charge on any atom is 0.337 e. The number of aromatic carboxylic acids is 1. The summed E-state index contributed by atoms with van der Waals surface area (Å²) in [4.78, 5) is 10.7. The highest BCUT2D eigenvalue weighted by Gasteiger charge is 2.15. The average Bonchev–Trinajstić information content (AvgIpc) is 2.07. The van der Waals surface area contributed by atoms with Crippen LogP contribution < -0.4 is 5.73 Å². The molecule has 0 saturated heterocycles. The number of anilines is 1. The molecule has 0 aliphatic heterocycles. The van der Waals surface area contributed by atoms with E-state index in [-0.39, 0.29) is 21.5 Å². The second-order valence-corrected chi connectivity index (χ2v) is 3.42. The van der Waals surface area contributed by atoms with Gasteiger partial charge in [0, 0.05) is 0 Å². The van der Waals surface area contributed by atoms with Crippen LogP contribution in [0, 0.1) is 6.92 Å². The van der Waals surface area contributed by atoms with E-state index in [0.717, 1.165) is 0 Å². The van der Waals surface area contributed by atoms with E-state index in [1.165, 1.54) is 6.07 Å². The van der Waals surface area contributed by atoms with E-state index in [2.05, 4.69) is 15.9 Å². The molecule has 1 rings (SSSR count). The third kappa shape index (κ3) is 1.60. The van der Waals surface area contributed by atoms with Crippen LogP contribution in [0.5, 0.6) is 5.75 Å². The Morgan fingerprint density at radius 3 is 2.62 bits per heavy atom. The number of nitrogens with two attached hydrogens (primary N) is 1. The van der Waals surface area contributed by atoms with Crippen LogP contribution in [-0.2, 0) is 0 Å². The number of carbonyl (C=O) groups is 1. The molecule has 0 saturated carbocycles. The molecule has 1 aromatic carbocycles. The highest BCUT2D eigenvalue weighted by molar-refractivity contribution is 9.10. The zero-order chi connectivity index (χ0) is 10.2. The van der Waals surface area contributed by atoms with Gasteiger partial charge in [-0.25, -0.2) is 4.79 Å². The average molecular weight is 246 g/mol. The number of phenols is 1. The Balaban J connectivity index is 3.50. The predicted molar refractivity (Wildman–Crippen MR) is 51.9 cm³/mol. The van der Waals surface area contributed by atoms with Crippen LogP contribution in [0.1, 0.15) is 15.9 Å². The number of nitrogen functional groups attached to an aromatic ring is 1. The number of aryl methyl sites for hydroxylation is 1. The van der Waals surface area contributed by atoms with E-state index >= 15 is 0 Å². The van der Waals surface area contributed by atoms with E-state index < -0.39 is 5.97 Å². The smallest absolute Gasteiger partial charge is 0.337 e. The van der Waals surface area contributed by atoms with Crippen molar-refractivity contribution in [3.63, 3.8) is 0 Å². The Kier molecular flexibility index (Phi) is 2.47. The molecule has 0 unspecified atom stereocenters. The van der Waals surface area contributed by atoms with Gasteiger partial charge in [-0.2, -0.15) is 0 Å². The molecule has 0 bridgehead atoms. The van der Waals surface area contributed by atoms with Crippen LogP contribution in [0.2, 0.25) is 0 Å². The molecule has 4 nitrogen and oxygen atoms in total. The van der Waals surface area contributed by atoms with Gasteiger partial charge in [0.15, 0.2) is 0 Å². The minimum absolute atomic E-state index is 0.0119. The van der Waals surface area contributed by atoms with Crippen molar-refractivity contribution in [2.45, 2.75) is 6.92 Å². The van der Waals surface area contributed by atoms with E-state index in [4.69, 9.17) is 10.8 Å². The van der Waals surface area contributed by atoms with Gasteiger partial charge in [0.1, 0.15) is 5.75 Å². The lowest BCUT2D eigenvalue weighted by molar-refractivity contribution is 0.0698. The first-order chi connectivity index (χ1) is 5.95. The molecule has 70 valence electrons. The van der Waals surface area contributed by atoms with Gasteiger partial charge in [0.05, 0.1) is 15.7 Å². The fourth-order valence-electron chi connectivity index (χ4n) is 0.958. The molecule has 4 N–H and O–H groups in total. The Hall–Kier alpha value is -1.23. The number of hydrogen-bond acceptors (Lipinski definition) is 3. The van der Waals surface area contributed by atoms with Gasteiger partial charge in [-0.15, -0.1) is 0 Å². The van der Waals surface area contributed by atoms with E-state index in [0.29, 0.717) is 5.56 Å². The fourth-order valence-corrected chi connectivity index (χ4v) is 1.48. The highest BCUT2D eigenvalue weighted by atomic mass is 79.9. The van der Waals surface area contributed by atoms with Crippen LogP contribution >= 0.6 is 15.9 Å². The van der Waals surface area contributed by atoms with Crippen LogP contribution in [0.3, 0.4) is 0 Å². The number of aromatic hydroxyl groups is 1. The van der Waals surface area contributed by atoms with E-state index in [1.807, 2.05) is 0 Å². The van der Waals surface area contributed by atoms with Crippen molar-refractivity contribution >= 4 is 27.6 Å². The summed E-state index contributed by atoms with van der Waals surface area (Å²) in [5.74, 6) is -1.14. The molecule has 0 fully saturated rings. The van der Waals surface area contributed by atoms with Crippen molar-refractivity contribution in [2.75, 3.05) is 5.73 Å². The Labute approximate surface area is 83.1 Å². The maximum atomic E-state index is 10.7. The van der Waals surface area contributed by atoms with Crippen molar-refractivity contribution in [3.8, 4) is 5.75 Å². The lowest BCUT2D eigenvalue weighted by atomic mass is 10.1. The third-order valence-electron chi connectivity index (χ3n) is 1.70. The number of rotatable bonds is 1. The topological polar surface area (TPSA) is 83.5 Å². The number of hydrogen-bond donors (Lipinski definition) is 3. The van der Waals surface area contributed by atoms with Gasteiger partial charge in [0.2, 0.25) is 0 Å². The zero-order valence-corrected chi connectivity index (χ0v) is 8.42. The van der Waals surface area contributed by atoms with Crippen molar-refractivity contribution in [2.24, 2.45) is 0 Å². The molecule has 0 aliphatic rings. The summed E-state index contributed by atoms with van der Waals surface area (Å²) >= 11 is 3.01. The SMILES string of the molecule is Cc1cc(C(=O)O)c(N)c(Br)c1O. The van der Waals surface area contributed by atoms with Gasteiger partial charge in [-0.3, -0.25) is 0 Å².